The summed E-state index contributed by atoms with van der Waals surface area (Å²) in [7, 11) is 4.34. The van der Waals surface area contributed by atoms with E-state index < -0.39 is 0 Å². The number of nitrogens with zero attached hydrogens (tertiary/aromatic N) is 4. The lowest BCUT2D eigenvalue weighted by Crippen LogP contribution is -2.39. The van der Waals surface area contributed by atoms with Crippen LogP contribution in [0, 0.1) is 6.92 Å². The van der Waals surface area contributed by atoms with E-state index in [1.165, 1.54) is 19.3 Å². The van der Waals surface area contributed by atoms with Gasteiger partial charge in [0, 0.05) is 25.3 Å². The number of aryl methyl sites for hydroxylation is 1. The topological polar surface area (TPSA) is 48.1 Å². The van der Waals surface area contributed by atoms with Gasteiger partial charge in [-0.3, -0.25) is 0 Å². The quantitative estimate of drug-likeness (QED) is 0.911. The largest absolute Gasteiger partial charge is 0.357 e. The van der Waals surface area contributed by atoms with Gasteiger partial charge in [0.05, 0.1) is 5.52 Å². The third-order valence-electron chi connectivity index (χ3n) is 4.17. The van der Waals surface area contributed by atoms with Gasteiger partial charge in [-0.2, -0.15) is 0 Å². The van der Waals surface area contributed by atoms with E-state index in [4.69, 9.17) is 4.98 Å². The van der Waals surface area contributed by atoms with Crippen molar-refractivity contribution in [2.24, 2.45) is 0 Å². The first-order valence-corrected chi connectivity index (χ1v) is 7.38. The molecule has 1 N–H and O–H groups in total. The van der Waals surface area contributed by atoms with Gasteiger partial charge in [0.15, 0.2) is 5.82 Å². The van der Waals surface area contributed by atoms with E-state index in [-0.39, 0.29) is 0 Å². The van der Waals surface area contributed by atoms with Crippen LogP contribution in [-0.2, 0) is 0 Å². The number of fused-ring (bicyclic) bond motifs is 1. The van der Waals surface area contributed by atoms with Gasteiger partial charge in [-0.25, -0.2) is 9.97 Å². The van der Waals surface area contributed by atoms with Crippen LogP contribution in [0.5, 0.6) is 0 Å². The molecule has 0 aromatic carbocycles. The van der Waals surface area contributed by atoms with Gasteiger partial charge in [0.2, 0.25) is 0 Å². The van der Waals surface area contributed by atoms with Gasteiger partial charge < -0.3 is 14.8 Å². The highest BCUT2D eigenvalue weighted by molar-refractivity contribution is 5.86. The smallest absolute Gasteiger partial charge is 0.156 e. The molecule has 0 spiro atoms. The van der Waals surface area contributed by atoms with Crippen molar-refractivity contribution < 1.29 is 0 Å². The Morgan fingerprint density at radius 2 is 2.15 bits per heavy atom. The minimum absolute atomic E-state index is 0.595. The van der Waals surface area contributed by atoms with Gasteiger partial charge in [0.25, 0.3) is 0 Å². The first kappa shape index (κ1) is 13.4. The molecule has 5 heteroatoms. The average Bonchev–Trinajstić information content (AvgIpc) is 2.73. The van der Waals surface area contributed by atoms with Crippen molar-refractivity contribution in [3.8, 4) is 0 Å². The van der Waals surface area contributed by atoms with E-state index in [1.807, 2.05) is 19.2 Å². The molecule has 0 aliphatic carbocycles. The Morgan fingerprint density at radius 1 is 1.30 bits per heavy atom. The van der Waals surface area contributed by atoms with Crippen LogP contribution in [0.4, 0.5) is 5.82 Å². The van der Waals surface area contributed by atoms with E-state index in [9.17, 15) is 0 Å². The molecule has 3 heterocycles. The second kappa shape index (κ2) is 5.40. The molecular formula is C15H23N5. The molecule has 5 nitrogen and oxygen atoms in total. The Balaban J connectivity index is 1.98. The number of aromatic amines is 1. The number of likely N-dealkylation sites (N-methyl/N-ethyl adjacent to an activating group) is 1. The Bertz CT molecular complexity index is 589. The van der Waals surface area contributed by atoms with E-state index >= 15 is 0 Å². The van der Waals surface area contributed by atoms with Gasteiger partial charge in [0.1, 0.15) is 11.3 Å². The van der Waals surface area contributed by atoms with E-state index in [1.54, 1.807) is 0 Å². The summed E-state index contributed by atoms with van der Waals surface area (Å²) < 4.78 is 0. The highest BCUT2D eigenvalue weighted by Crippen LogP contribution is 2.25. The molecule has 1 atom stereocenters. The molecule has 108 valence electrons. The summed E-state index contributed by atoms with van der Waals surface area (Å²) in [5.74, 6) is 1.91. The van der Waals surface area contributed by atoms with Crippen molar-refractivity contribution in [3.63, 3.8) is 0 Å². The summed E-state index contributed by atoms with van der Waals surface area (Å²) >= 11 is 0. The maximum atomic E-state index is 4.70. The molecular weight excluding hydrogens is 250 g/mol. The second-order valence-corrected chi connectivity index (χ2v) is 5.89. The second-order valence-electron chi connectivity index (χ2n) is 5.89. The number of hydrogen-bond acceptors (Lipinski definition) is 4. The van der Waals surface area contributed by atoms with Gasteiger partial charge in [-0.15, -0.1) is 0 Å². The first-order valence-electron chi connectivity index (χ1n) is 7.38. The van der Waals surface area contributed by atoms with E-state index in [0.29, 0.717) is 6.04 Å². The maximum Gasteiger partial charge on any atom is 0.156 e. The Kier molecular flexibility index (Phi) is 3.61. The molecule has 0 amide bonds. The Morgan fingerprint density at radius 3 is 2.95 bits per heavy atom. The monoisotopic (exact) mass is 273 g/mol. The van der Waals surface area contributed by atoms with E-state index in [0.717, 1.165) is 35.8 Å². The maximum absolute atomic E-state index is 4.70. The SMILES string of the molecule is Cc1nc(N2CCCCC(N(C)C)C2)c2[nH]ccc2n1. The molecule has 1 aliphatic heterocycles. The number of aromatic nitrogens is 3. The van der Waals surface area contributed by atoms with Crippen LogP contribution in [0.25, 0.3) is 11.0 Å². The van der Waals surface area contributed by atoms with Crippen molar-refractivity contribution >= 4 is 16.9 Å². The van der Waals surface area contributed by atoms with Crippen LogP contribution in [0.15, 0.2) is 12.3 Å². The molecule has 0 radical (unpaired) electrons. The summed E-state index contributed by atoms with van der Waals surface area (Å²) in [4.78, 5) is 17.2. The molecule has 0 saturated carbocycles. The summed E-state index contributed by atoms with van der Waals surface area (Å²) in [5, 5.41) is 0. The van der Waals surface area contributed by atoms with Crippen LogP contribution in [0.3, 0.4) is 0 Å². The highest BCUT2D eigenvalue weighted by Gasteiger charge is 2.22. The molecule has 2 aromatic rings. The molecule has 2 aromatic heterocycles. The zero-order chi connectivity index (χ0) is 14.1. The lowest BCUT2D eigenvalue weighted by molar-refractivity contribution is 0.285. The third-order valence-corrected chi connectivity index (χ3v) is 4.17. The van der Waals surface area contributed by atoms with Gasteiger partial charge in [-0.1, -0.05) is 6.42 Å². The van der Waals surface area contributed by atoms with Crippen molar-refractivity contribution in [2.75, 3.05) is 32.1 Å². The number of rotatable bonds is 2. The van der Waals surface area contributed by atoms with Crippen molar-refractivity contribution in [1.82, 2.24) is 19.9 Å². The Labute approximate surface area is 120 Å². The fourth-order valence-corrected chi connectivity index (χ4v) is 3.00. The highest BCUT2D eigenvalue weighted by atomic mass is 15.2. The van der Waals surface area contributed by atoms with Crippen LogP contribution in [0.2, 0.25) is 0 Å². The minimum atomic E-state index is 0.595. The van der Waals surface area contributed by atoms with Crippen LogP contribution < -0.4 is 4.90 Å². The number of anilines is 1. The van der Waals surface area contributed by atoms with Crippen LogP contribution in [0.1, 0.15) is 25.1 Å². The molecule has 1 fully saturated rings. The standard InChI is InChI=1S/C15H23N5/c1-11-17-13-7-8-16-14(13)15(18-11)20-9-5-4-6-12(10-20)19(2)3/h7-8,12,16H,4-6,9-10H2,1-3H3. The minimum Gasteiger partial charge on any atom is -0.357 e. The zero-order valence-electron chi connectivity index (χ0n) is 12.6. The van der Waals surface area contributed by atoms with Gasteiger partial charge >= 0.3 is 0 Å². The van der Waals surface area contributed by atoms with Crippen molar-refractivity contribution in [2.45, 2.75) is 32.2 Å². The lowest BCUT2D eigenvalue weighted by atomic mass is 10.1. The third kappa shape index (κ3) is 2.50. The average molecular weight is 273 g/mol. The predicted octanol–water partition coefficient (Wildman–Crippen LogP) is 2.19. The molecule has 1 unspecified atom stereocenters. The van der Waals surface area contributed by atoms with E-state index in [2.05, 4.69) is 33.9 Å². The molecule has 1 saturated heterocycles. The molecule has 3 rings (SSSR count). The molecule has 1 aliphatic rings. The van der Waals surface area contributed by atoms with Crippen molar-refractivity contribution in [3.05, 3.63) is 18.1 Å². The summed E-state index contributed by atoms with van der Waals surface area (Å²) in [6.07, 6.45) is 5.73. The number of H-pyrrole nitrogens is 1. The normalized spacial score (nSPS) is 20.6. The molecule has 20 heavy (non-hydrogen) atoms. The van der Waals surface area contributed by atoms with Gasteiger partial charge in [-0.05, 0) is 39.9 Å². The summed E-state index contributed by atoms with van der Waals surface area (Å²) in [6.45, 7) is 4.09. The zero-order valence-corrected chi connectivity index (χ0v) is 12.6. The summed E-state index contributed by atoms with van der Waals surface area (Å²) in [6, 6.07) is 2.62. The first-order chi connectivity index (χ1) is 9.65. The van der Waals surface area contributed by atoms with Crippen LogP contribution >= 0.6 is 0 Å². The Hall–Kier alpha value is -1.62. The number of hydrogen-bond donors (Lipinski definition) is 1. The number of nitrogens with one attached hydrogen (secondary N) is 1. The van der Waals surface area contributed by atoms with Crippen LogP contribution in [-0.4, -0.2) is 53.1 Å². The fourth-order valence-electron chi connectivity index (χ4n) is 3.00. The lowest BCUT2D eigenvalue weighted by Gasteiger charge is -2.29. The fraction of sp³-hybridized carbons (Fsp3) is 0.600. The predicted molar refractivity (Wildman–Crippen MR) is 82.2 cm³/mol. The molecule has 0 bridgehead atoms. The summed E-state index contributed by atoms with van der Waals surface area (Å²) in [5.41, 5.74) is 2.08. The van der Waals surface area contributed by atoms with Crippen molar-refractivity contribution in [1.29, 1.82) is 0 Å².